The van der Waals surface area contributed by atoms with Gasteiger partial charge in [0.2, 0.25) is 0 Å². The van der Waals surface area contributed by atoms with Crippen LogP contribution in [0.2, 0.25) is 0 Å². The molecule has 0 bridgehead atoms. The Morgan fingerprint density at radius 1 is 1.14 bits per heavy atom. The summed E-state index contributed by atoms with van der Waals surface area (Å²) in [6.45, 7) is 1.86. The topological polar surface area (TPSA) is 50.2 Å². The van der Waals surface area contributed by atoms with Crippen molar-refractivity contribution in [3.8, 4) is 0 Å². The minimum absolute atomic E-state index is 0. The number of piperidine rings is 1. The first-order chi connectivity index (χ1) is 13.3. The maximum absolute atomic E-state index is 13.9. The molecule has 0 aliphatic carbocycles. The molecule has 0 amide bonds. The van der Waals surface area contributed by atoms with E-state index in [1.54, 1.807) is 4.79 Å². The Kier molecular flexibility index (Phi) is 5.86. The van der Waals surface area contributed by atoms with Gasteiger partial charge in [-0.25, -0.2) is 8.78 Å². The number of nitrogens with zero attached hydrogens (tertiary/aromatic N) is 3. The highest BCUT2D eigenvalue weighted by Crippen LogP contribution is 2.40. The molecule has 0 unspecified atom stereocenters. The van der Waals surface area contributed by atoms with Gasteiger partial charge in [0.25, 0.3) is 0 Å². The van der Waals surface area contributed by atoms with Crippen molar-refractivity contribution < 1.29 is 26.7 Å². The monoisotopic (exact) mass is 436 g/mol. The minimum Gasteiger partial charge on any atom is -0.307 e. The van der Waals surface area contributed by atoms with Crippen LogP contribution in [0, 0.1) is 11.6 Å². The van der Waals surface area contributed by atoms with Crippen LogP contribution in [0.4, 0.5) is 22.0 Å². The second-order valence-corrected chi connectivity index (χ2v) is 6.97. The van der Waals surface area contributed by atoms with Gasteiger partial charge < -0.3 is 5.32 Å². The SMILES string of the molecule is Cl.O=Cc1nn(N2CCC(c3ccc(F)c(F)c3C(F)(F)F)CC2)c2c1CNC2. The number of nitrogens with one attached hydrogen (secondary N) is 1. The predicted molar refractivity (Wildman–Crippen MR) is 96.7 cm³/mol. The van der Waals surface area contributed by atoms with Crippen LogP contribution in [-0.2, 0) is 19.3 Å². The fraction of sp³-hybridized carbons (Fsp3) is 0.444. The van der Waals surface area contributed by atoms with Gasteiger partial charge in [0.15, 0.2) is 17.9 Å². The lowest BCUT2D eigenvalue weighted by molar-refractivity contribution is -0.141. The highest BCUT2D eigenvalue weighted by Gasteiger charge is 2.40. The normalized spacial score (nSPS) is 17.2. The van der Waals surface area contributed by atoms with Crippen LogP contribution in [0.1, 0.15) is 51.6 Å². The van der Waals surface area contributed by atoms with Crippen molar-refractivity contribution in [2.45, 2.75) is 38.0 Å². The molecule has 29 heavy (non-hydrogen) atoms. The number of hydrogen-bond donors (Lipinski definition) is 1. The molecule has 1 fully saturated rings. The van der Waals surface area contributed by atoms with Gasteiger partial charge in [0.1, 0.15) is 5.69 Å². The van der Waals surface area contributed by atoms with Crippen molar-refractivity contribution in [3.63, 3.8) is 0 Å². The number of hydrogen-bond acceptors (Lipinski definition) is 4. The molecule has 3 heterocycles. The third-order valence-corrected chi connectivity index (χ3v) is 5.40. The molecule has 1 N–H and O–H groups in total. The summed E-state index contributed by atoms with van der Waals surface area (Å²) >= 11 is 0. The molecule has 0 atom stereocenters. The van der Waals surface area contributed by atoms with Gasteiger partial charge in [-0.15, -0.1) is 17.5 Å². The molecule has 11 heteroatoms. The number of benzene rings is 1. The number of halogens is 6. The van der Waals surface area contributed by atoms with Crippen molar-refractivity contribution in [3.05, 3.63) is 51.8 Å². The number of carbonyl (C=O) groups is 1. The average molecular weight is 437 g/mol. The van der Waals surface area contributed by atoms with Crippen molar-refractivity contribution in [2.24, 2.45) is 0 Å². The summed E-state index contributed by atoms with van der Waals surface area (Å²) in [6.07, 6.45) is -3.63. The Labute approximate surface area is 169 Å². The van der Waals surface area contributed by atoms with E-state index >= 15 is 0 Å². The summed E-state index contributed by atoms with van der Waals surface area (Å²) in [5, 5.41) is 9.31. The zero-order valence-corrected chi connectivity index (χ0v) is 15.9. The Hall–Kier alpha value is -2.20. The Balaban J connectivity index is 0.00000240. The van der Waals surface area contributed by atoms with Crippen molar-refractivity contribution in [2.75, 3.05) is 18.1 Å². The summed E-state index contributed by atoms with van der Waals surface area (Å²) in [5.74, 6) is -3.90. The zero-order chi connectivity index (χ0) is 20.1. The van der Waals surface area contributed by atoms with Crippen LogP contribution in [0.3, 0.4) is 0 Å². The third-order valence-electron chi connectivity index (χ3n) is 5.40. The molecule has 2 aliphatic rings. The van der Waals surface area contributed by atoms with Crippen molar-refractivity contribution in [1.29, 1.82) is 0 Å². The fourth-order valence-corrected chi connectivity index (χ4v) is 4.06. The molecule has 4 rings (SSSR count). The molecule has 0 spiro atoms. The zero-order valence-electron chi connectivity index (χ0n) is 15.1. The molecule has 158 valence electrons. The standard InChI is InChI=1S/C18H17F5N4O.ClH/c19-13-2-1-11(16(17(13)20)18(21,22)23)10-3-5-26(6-4-10)27-15-8-24-7-12(15)14(9-28)25-27;/h1-2,9-10,24H,3-8H2;1H. The quantitative estimate of drug-likeness (QED) is 0.591. The van der Waals surface area contributed by atoms with E-state index in [1.165, 1.54) is 0 Å². The third kappa shape index (κ3) is 3.71. The van der Waals surface area contributed by atoms with E-state index in [0.717, 1.165) is 23.4 Å². The molecule has 1 aromatic carbocycles. The van der Waals surface area contributed by atoms with E-state index in [2.05, 4.69) is 10.4 Å². The molecule has 0 radical (unpaired) electrons. The maximum Gasteiger partial charge on any atom is 0.419 e. The second-order valence-electron chi connectivity index (χ2n) is 6.97. The number of alkyl halides is 3. The first kappa shape index (κ1) is 21.5. The van der Waals surface area contributed by atoms with Gasteiger partial charge in [0, 0.05) is 31.7 Å². The van der Waals surface area contributed by atoms with Gasteiger partial charge in [0.05, 0.1) is 11.3 Å². The first-order valence-corrected chi connectivity index (χ1v) is 8.88. The smallest absolute Gasteiger partial charge is 0.307 e. The molecule has 5 nitrogen and oxygen atoms in total. The maximum atomic E-state index is 13.9. The summed E-state index contributed by atoms with van der Waals surface area (Å²) in [6, 6.07) is 1.77. The van der Waals surface area contributed by atoms with Gasteiger partial charge in [-0.3, -0.25) is 9.80 Å². The van der Waals surface area contributed by atoms with E-state index in [0.29, 0.717) is 51.0 Å². The Morgan fingerprint density at radius 2 is 1.83 bits per heavy atom. The van der Waals surface area contributed by atoms with E-state index in [9.17, 15) is 26.7 Å². The lowest BCUT2D eigenvalue weighted by Gasteiger charge is -2.35. The summed E-state index contributed by atoms with van der Waals surface area (Å²) < 4.78 is 67.2. The largest absolute Gasteiger partial charge is 0.419 e. The fourth-order valence-electron chi connectivity index (χ4n) is 4.06. The molecule has 1 saturated heterocycles. The Morgan fingerprint density at radius 3 is 2.45 bits per heavy atom. The Bertz CT molecular complexity index is 922. The van der Waals surface area contributed by atoms with Gasteiger partial charge >= 0.3 is 6.18 Å². The van der Waals surface area contributed by atoms with Crippen LogP contribution in [0.15, 0.2) is 12.1 Å². The minimum atomic E-state index is -4.97. The average Bonchev–Trinajstić information content (AvgIpc) is 3.25. The first-order valence-electron chi connectivity index (χ1n) is 8.88. The van der Waals surface area contributed by atoms with Crippen LogP contribution in [0.25, 0.3) is 0 Å². The van der Waals surface area contributed by atoms with Crippen molar-refractivity contribution >= 4 is 18.7 Å². The number of aldehydes is 1. The summed E-state index contributed by atoms with van der Waals surface area (Å²) in [5.41, 5.74) is 0.314. The van der Waals surface area contributed by atoms with E-state index in [-0.39, 0.29) is 18.0 Å². The number of rotatable bonds is 3. The molecule has 2 aromatic rings. The predicted octanol–water partition coefficient (Wildman–Crippen LogP) is 3.53. The number of fused-ring (bicyclic) bond motifs is 1. The van der Waals surface area contributed by atoms with Crippen LogP contribution >= 0.6 is 12.4 Å². The highest BCUT2D eigenvalue weighted by molar-refractivity contribution is 5.85. The van der Waals surface area contributed by atoms with Crippen LogP contribution < -0.4 is 10.3 Å². The lowest BCUT2D eigenvalue weighted by Crippen LogP contribution is -2.43. The highest BCUT2D eigenvalue weighted by atomic mass is 35.5. The second kappa shape index (κ2) is 7.91. The number of aromatic nitrogens is 2. The van der Waals surface area contributed by atoms with Gasteiger partial charge in [-0.2, -0.15) is 18.0 Å². The van der Waals surface area contributed by atoms with Crippen molar-refractivity contribution in [1.82, 2.24) is 15.2 Å². The molecular weight excluding hydrogens is 419 g/mol. The van der Waals surface area contributed by atoms with E-state index < -0.39 is 29.3 Å². The van der Waals surface area contributed by atoms with Crippen LogP contribution in [-0.4, -0.2) is 29.3 Å². The summed E-state index contributed by atoms with van der Waals surface area (Å²) in [7, 11) is 0. The molecule has 0 saturated carbocycles. The summed E-state index contributed by atoms with van der Waals surface area (Å²) in [4.78, 5) is 12.8. The van der Waals surface area contributed by atoms with Gasteiger partial charge in [-0.1, -0.05) is 6.07 Å². The van der Waals surface area contributed by atoms with E-state index in [4.69, 9.17) is 0 Å². The lowest BCUT2D eigenvalue weighted by atomic mass is 9.86. The van der Waals surface area contributed by atoms with Crippen LogP contribution in [0.5, 0.6) is 0 Å². The van der Waals surface area contributed by atoms with Gasteiger partial charge in [-0.05, 0) is 30.4 Å². The molecular formula is C18H18ClF5N4O. The molecule has 1 aromatic heterocycles. The number of carbonyl (C=O) groups excluding carboxylic acids is 1. The van der Waals surface area contributed by atoms with E-state index in [1.807, 2.05) is 5.01 Å². The molecule has 2 aliphatic heterocycles.